The number of hydrogen-bond donors (Lipinski definition) is 2. The van der Waals surface area contributed by atoms with E-state index in [4.69, 9.17) is 11.6 Å². The van der Waals surface area contributed by atoms with Gasteiger partial charge in [0.1, 0.15) is 10.8 Å². The quantitative estimate of drug-likeness (QED) is 0.337. The number of nitrogens with one attached hydrogen (secondary N) is 2. The largest absolute Gasteiger partial charge is 0.369 e. The Labute approximate surface area is 211 Å². The van der Waals surface area contributed by atoms with Crippen molar-refractivity contribution in [2.75, 3.05) is 35.8 Å². The van der Waals surface area contributed by atoms with Crippen LogP contribution >= 0.6 is 23.5 Å². The van der Waals surface area contributed by atoms with Crippen LogP contribution in [0.2, 0.25) is 5.02 Å². The van der Waals surface area contributed by atoms with Crippen LogP contribution in [0.4, 0.5) is 20.3 Å². The molecule has 1 atom stereocenters. The van der Waals surface area contributed by atoms with Gasteiger partial charge in [-0.1, -0.05) is 43.9 Å². The molecule has 5 rings (SSSR count). The van der Waals surface area contributed by atoms with Crippen molar-refractivity contribution in [2.24, 2.45) is 11.3 Å². The minimum atomic E-state index is -0.583. The maximum absolute atomic E-state index is 14.9. The Bertz CT molecular complexity index is 970. The molecule has 186 valence electrons. The van der Waals surface area contributed by atoms with Crippen LogP contribution in [-0.4, -0.2) is 31.2 Å². The normalized spacial score (nSPS) is 21.4. The number of benzene rings is 1. The van der Waals surface area contributed by atoms with Crippen LogP contribution in [-0.2, 0) is 0 Å². The highest BCUT2D eigenvalue weighted by atomic mass is 35.5. The number of piperidine rings is 1. The van der Waals surface area contributed by atoms with Crippen molar-refractivity contribution >= 4 is 35.1 Å². The van der Waals surface area contributed by atoms with Gasteiger partial charge in [0.05, 0.1) is 10.6 Å². The van der Waals surface area contributed by atoms with Crippen LogP contribution in [0.3, 0.4) is 0 Å². The van der Waals surface area contributed by atoms with Crippen molar-refractivity contribution in [3.8, 4) is 0 Å². The van der Waals surface area contributed by atoms with E-state index in [1.807, 2.05) is 13.0 Å². The Balaban J connectivity index is 0.000000336. The predicted octanol–water partition coefficient (Wildman–Crippen LogP) is 7.22. The fourth-order valence-electron chi connectivity index (χ4n) is 5.22. The molecular weight excluding hydrogens is 474 g/mol. The molecule has 4 nitrogen and oxygen atoms in total. The molecule has 1 unspecified atom stereocenters. The second-order valence-electron chi connectivity index (χ2n) is 10.1. The number of pyridine rings is 1. The van der Waals surface area contributed by atoms with Crippen LogP contribution in [0.25, 0.3) is 0 Å². The molecule has 0 radical (unpaired) electrons. The van der Waals surface area contributed by atoms with Crippen molar-refractivity contribution in [3.05, 3.63) is 46.6 Å². The highest BCUT2D eigenvalue weighted by molar-refractivity contribution is 8.00. The molecule has 0 bridgehead atoms. The van der Waals surface area contributed by atoms with E-state index in [9.17, 15) is 8.78 Å². The average Bonchev–Trinajstić information content (AvgIpc) is 2.81. The van der Waals surface area contributed by atoms with Crippen molar-refractivity contribution in [3.63, 3.8) is 0 Å². The van der Waals surface area contributed by atoms with E-state index in [1.165, 1.54) is 64.1 Å². The summed E-state index contributed by atoms with van der Waals surface area (Å²) in [6, 6.07) is 6.39. The van der Waals surface area contributed by atoms with Gasteiger partial charge in [0.2, 0.25) is 5.95 Å². The fraction of sp³-hybridized carbons (Fsp3) is 0.577. The molecule has 3 heterocycles. The second-order valence-corrected chi connectivity index (χ2v) is 11.3. The van der Waals surface area contributed by atoms with Gasteiger partial charge >= 0.3 is 0 Å². The standard InChI is InChI=1S/C20H22ClF2N3S.C6H13N/c1-13-10-14(26-11-20(12-26)8-3-2-4-9-20)17(21)18(23)19(13)27-25-16-7-5-6-15(22)24-16;1-6-3-2-4-7-5-6/h5-7,10H,2-4,8-9,11-12H2,1H3,(H,24,25);6-7H,2-5H2,1H3. The molecule has 8 heteroatoms. The van der Waals surface area contributed by atoms with Crippen LogP contribution < -0.4 is 14.9 Å². The topological polar surface area (TPSA) is 40.2 Å². The fourth-order valence-corrected chi connectivity index (χ4v) is 6.28. The minimum absolute atomic E-state index is 0.155. The molecule has 2 saturated heterocycles. The smallest absolute Gasteiger partial charge is 0.214 e. The van der Waals surface area contributed by atoms with Gasteiger partial charge in [0.15, 0.2) is 5.82 Å². The maximum atomic E-state index is 14.9. The number of nitrogens with zero attached hydrogens (tertiary/aromatic N) is 2. The summed E-state index contributed by atoms with van der Waals surface area (Å²) in [4.78, 5) is 6.32. The molecule has 34 heavy (non-hydrogen) atoms. The SMILES string of the molecule is CC1CCCNC1.Cc1cc(N2CC3(CCCCC3)C2)c(Cl)c(F)c1SNc1cccc(F)n1. The van der Waals surface area contributed by atoms with E-state index in [-0.39, 0.29) is 5.02 Å². The number of aryl methyl sites for hydroxylation is 1. The number of aromatic nitrogens is 1. The second kappa shape index (κ2) is 11.4. The lowest BCUT2D eigenvalue weighted by Crippen LogP contribution is -2.57. The zero-order chi connectivity index (χ0) is 24.1. The maximum Gasteiger partial charge on any atom is 0.214 e. The lowest BCUT2D eigenvalue weighted by molar-refractivity contribution is 0.139. The summed E-state index contributed by atoms with van der Waals surface area (Å²) < 4.78 is 31.0. The molecule has 1 spiro atoms. The molecule has 1 aromatic heterocycles. The average molecular weight is 509 g/mol. The number of anilines is 2. The van der Waals surface area contributed by atoms with Gasteiger partial charge in [-0.15, -0.1) is 0 Å². The monoisotopic (exact) mass is 508 g/mol. The molecule has 1 aromatic carbocycles. The van der Waals surface area contributed by atoms with Crippen molar-refractivity contribution in [2.45, 2.75) is 63.7 Å². The van der Waals surface area contributed by atoms with Crippen LogP contribution in [0.15, 0.2) is 29.2 Å². The third kappa shape index (κ3) is 6.16. The number of rotatable bonds is 4. The highest BCUT2D eigenvalue weighted by Crippen LogP contribution is 2.48. The van der Waals surface area contributed by atoms with Crippen LogP contribution in [0.1, 0.15) is 57.4 Å². The number of hydrogen-bond acceptors (Lipinski definition) is 5. The molecule has 3 aliphatic rings. The molecule has 1 aliphatic carbocycles. The van der Waals surface area contributed by atoms with Gasteiger partial charge in [-0.05, 0) is 87.3 Å². The van der Waals surface area contributed by atoms with Crippen molar-refractivity contribution in [1.29, 1.82) is 0 Å². The van der Waals surface area contributed by atoms with Crippen molar-refractivity contribution in [1.82, 2.24) is 10.3 Å². The first kappa shape index (κ1) is 25.5. The summed E-state index contributed by atoms with van der Waals surface area (Å²) in [6.45, 7) is 8.56. The van der Waals surface area contributed by atoms with E-state index in [2.05, 4.69) is 26.8 Å². The third-order valence-electron chi connectivity index (χ3n) is 7.15. The predicted molar refractivity (Wildman–Crippen MR) is 139 cm³/mol. The highest BCUT2D eigenvalue weighted by Gasteiger charge is 2.44. The molecule has 2 aromatic rings. The first-order chi connectivity index (χ1) is 16.4. The van der Waals surface area contributed by atoms with E-state index >= 15 is 0 Å². The molecule has 1 saturated carbocycles. The van der Waals surface area contributed by atoms with E-state index < -0.39 is 11.8 Å². The van der Waals surface area contributed by atoms with Gasteiger partial charge in [-0.2, -0.15) is 4.39 Å². The number of halogens is 3. The summed E-state index contributed by atoms with van der Waals surface area (Å²) in [7, 11) is 0. The lowest BCUT2D eigenvalue weighted by atomic mass is 9.68. The Morgan fingerprint density at radius 3 is 2.56 bits per heavy atom. The Hall–Kier alpha value is -1.57. The summed E-state index contributed by atoms with van der Waals surface area (Å²) in [6.07, 6.45) is 9.25. The summed E-state index contributed by atoms with van der Waals surface area (Å²) >= 11 is 7.44. The Kier molecular flexibility index (Phi) is 8.59. The van der Waals surface area contributed by atoms with E-state index in [0.717, 1.165) is 42.2 Å². The molecule has 3 fully saturated rings. The minimum Gasteiger partial charge on any atom is -0.369 e. The van der Waals surface area contributed by atoms with Crippen molar-refractivity contribution < 1.29 is 8.78 Å². The molecule has 0 amide bonds. The summed E-state index contributed by atoms with van der Waals surface area (Å²) in [5.41, 5.74) is 1.98. The van der Waals surface area contributed by atoms with E-state index in [1.54, 1.807) is 12.1 Å². The lowest BCUT2D eigenvalue weighted by Gasteiger charge is -2.54. The molecular formula is C26H35ClF2N4S. The summed E-state index contributed by atoms with van der Waals surface area (Å²) in [5.74, 6) is 0.237. The van der Waals surface area contributed by atoms with Gasteiger partial charge in [0, 0.05) is 18.5 Å². The zero-order valence-corrected chi connectivity index (χ0v) is 21.7. The molecule has 2 N–H and O–H groups in total. The van der Waals surface area contributed by atoms with E-state index in [0.29, 0.717) is 16.1 Å². The Morgan fingerprint density at radius 1 is 1.18 bits per heavy atom. The first-order valence-corrected chi connectivity index (χ1v) is 13.6. The van der Waals surface area contributed by atoms with Gasteiger partial charge in [0.25, 0.3) is 0 Å². The zero-order valence-electron chi connectivity index (χ0n) is 20.1. The molecule has 2 aliphatic heterocycles. The third-order valence-corrected chi connectivity index (χ3v) is 8.53. The van der Waals surface area contributed by atoms with Gasteiger partial charge in [-0.3, -0.25) is 0 Å². The first-order valence-electron chi connectivity index (χ1n) is 12.4. The van der Waals surface area contributed by atoms with Gasteiger partial charge < -0.3 is 14.9 Å². The Morgan fingerprint density at radius 2 is 1.94 bits per heavy atom. The van der Waals surface area contributed by atoms with Crippen LogP contribution in [0.5, 0.6) is 0 Å². The van der Waals surface area contributed by atoms with Gasteiger partial charge in [-0.25, -0.2) is 9.37 Å². The summed E-state index contributed by atoms with van der Waals surface area (Å²) in [5, 5.41) is 3.49. The van der Waals surface area contributed by atoms with Crippen LogP contribution in [0, 0.1) is 30.0 Å².